The zero-order valence-electron chi connectivity index (χ0n) is 15.2. The predicted molar refractivity (Wildman–Crippen MR) is 99.6 cm³/mol. The molecule has 9 heteroatoms. The van der Waals surface area contributed by atoms with Gasteiger partial charge in [0.2, 0.25) is 0 Å². The minimum Gasteiger partial charge on any atom is -0.457 e. The van der Waals surface area contributed by atoms with E-state index in [4.69, 9.17) is 9.94 Å². The van der Waals surface area contributed by atoms with Gasteiger partial charge in [-0.3, -0.25) is 10.0 Å². The van der Waals surface area contributed by atoms with Crippen molar-refractivity contribution >= 4 is 15.7 Å². The summed E-state index contributed by atoms with van der Waals surface area (Å²) in [6.45, 7) is 2.30. The summed E-state index contributed by atoms with van der Waals surface area (Å²) >= 11 is 0. The Hall–Kier alpha value is -2.49. The molecule has 0 atom stereocenters. The van der Waals surface area contributed by atoms with Gasteiger partial charge >= 0.3 is 0 Å². The van der Waals surface area contributed by atoms with E-state index in [-0.39, 0.29) is 23.6 Å². The summed E-state index contributed by atoms with van der Waals surface area (Å²) in [5.41, 5.74) is 1.93. The van der Waals surface area contributed by atoms with Crippen molar-refractivity contribution < 1.29 is 27.5 Å². The molecule has 0 radical (unpaired) electrons. The number of rotatable bonds is 5. The van der Waals surface area contributed by atoms with Crippen molar-refractivity contribution in [3.63, 3.8) is 0 Å². The maximum Gasteiger partial charge on any atom is 0.265 e. The van der Waals surface area contributed by atoms with Crippen LogP contribution in [0.3, 0.4) is 0 Å². The van der Waals surface area contributed by atoms with Gasteiger partial charge < -0.3 is 10.1 Å². The number of ether oxygens (including phenoxy) is 1. The van der Waals surface area contributed by atoms with Gasteiger partial charge in [-0.1, -0.05) is 0 Å². The molecule has 0 aromatic heterocycles. The molecule has 1 aliphatic heterocycles. The van der Waals surface area contributed by atoms with E-state index in [0.717, 1.165) is 0 Å². The molecule has 0 unspecified atom stereocenters. The molecule has 3 N–H and O–H groups in total. The van der Waals surface area contributed by atoms with Crippen LogP contribution in [0.5, 0.6) is 11.5 Å². The van der Waals surface area contributed by atoms with E-state index in [2.05, 4.69) is 5.32 Å². The topological polar surface area (TPSA) is 105 Å². The zero-order chi connectivity index (χ0) is 20.4. The summed E-state index contributed by atoms with van der Waals surface area (Å²) in [6, 6.07) is 9.95. The zero-order valence-corrected chi connectivity index (χ0v) is 16.1. The first-order valence-electron chi connectivity index (χ1n) is 8.74. The fourth-order valence-corrected chi connectivity index (χ4v) is 5.26. The lowest BCUT2D eigenvalue weighted by molar-refractivity contribution is -0.132. The van der Waals surface area contributed by atoms with Gasteiger partial charge in [-0.2, -0.15) is 0 Å². The van der Waals surface area contributed by atoms with Gasteiger partial charge in [0.1, 0.15) is 17.3 Å². The summed E-state index contributed by atoms with van der Waals surface area (Å²) in [4.78, 5) is 12.2. The lowest BCUT2D eigenvalue weighted by atomic mass is 9.96. The first-order valence-corrected chi connectivity index (χ1v) is 10.2. The fourth-order valence-electron chi connectivity index (χ4n) is 3.28. The number of carbonyl (C=O) groups excluding carboxylic acids is 1. The molecule has 7 nitrogen and oxygen atoms in total. The number of benzene rings is 2. The normalized spacial score (nSPS) is 16.4. The number of hydrogen-bond donors (Lipinski definition) is 3. The average molecular weight is 408 g/mol. The highest BCUT2D eigenvalue weighted by Crippen LogP contribution is 2.35. The standard InChI is InChI=1S/C19H21FN2O5S/c1-13-12-15(4-7-17(13)20)27-14-2-5-16(6-3-14)28(25,26)19(18(23)22-24)8-10-21-11-9-19/h2-7,12,21,24H,8-11H2,1H3,(H,22,23). The molecule has 28 heavy (non-hydrogen) atoms. The Morgan fingerprint density at radius 1 is 1.14 bits per heavy atom. The summed E-state index contributed by atoms with van der Waals surface area (Å²) < 4.78 is 43.6. The monoisotopic (exact) mass is 408 g/mol. The number of halogens is 1. The molecule has 2 aromatic carbocycles. The number of amides is 1. The summed E-state index contributed by atoms with van der Waals surface area (Å²) in [7, 11) is -4.05. The van der Waals surface area contributed by atoms with Gasteiger partial charge in [-0.25, -0.2) is 18.3 Å². The molecule has 1 saturated heterocycles. The summed E-state index contributed by atoms with van der Waals surface area (Å²) in [5.74, 6) is -0.487. The lowest BCUT2D eigenvalue weighted by Gasteiger charge is -2.34. The minimum absolute atomic E-state index is 0.0411. The van der Waals surface area contributed by atoms with Crippen LogP contribution in [0.2, 0.25) is 0 Å². The molecule has 0 saturated carbocycles. The average Bonchev–Trinajstić information content (AvgIpc) is 2.71. The highest BCUT2D eigenvalue weighted by molar-refractivity contribution is 7.93. The third-order valence-corrected chi connectivity index (χ3v) is 7.46. The maximum absolute atomic E-state index is 13.4. The van der Waals surface area contributed by atoms with E-state index in [1.165, 1.54) is 47.9 Å². The second-order valence-electron chi connectivity index (χ2n) is 6.67. The largest absolute Gasteiger partial charge is 0.457 e. The van der Waals surface area contributed by atoms with Crippen LogP contribution in [0.25, 0.3) is 0 Å². The summed E-state index contributed by atoms with van der Waals surface area (Å²) in [6.07, 6.45) is 0.101. The van der Waals surface area contributed by atoms with Gasteiger partial charge in [-0.05, 0) is 80.9 Å². The Morgan fingerprint density at radius 2 is 1.75 bits per heavy atom. The number of hydrogen-bond acceptors (Lipinski definition) is 6. The maximum atomic E-state index is 13.4. The van der Waals surface area contributed by atoms with Crippen LogP contribution in [-0.4, -0.2) is 37.4 Å². The minimum atomic E-state index is -4.05. The molecule has 3 rings (SSSR count). The second kappa shape index (κ2) is 7.86. The molecule has 0 aliphatic carbocycles. The molecule has 0 spiro atoms. The number of nitrogens with one attached hydrogen (secondary N) is 2. The van der Waals surface area contributed by atoms with Crippen LogP contribution in [0, 0.1) is 12.7 Å². The highest BCUT2D eigenvalue weighted by Gasteiger charge is 2.51. The van der Waals surface area contributed by atoms with Crippen LogP contribution >= 0.6 is 0 Å². The number of hydroxylamine groups is 1. The van der Waals surface area contributed by atoms with Crippen LogP contribution in [0.4, 0.5) is 4.39 Å². The molecular weight excluding hydrogens is 387 g/mol. The first-order chi connectivity index (χ1) is 13.3. The SMILES string of the molecule is Cc1cc(Oc2ccc(S(=O)(=O)C3(C(=O)NO)CCNCC3)cc2)ccc1F. The second-order valence-corrected chi connectivity index (χ2v) is 8.93. The van der Waals surface area contributed by atoms with Gasteiger partial charge in [0, 0.05) is 0 Å². The van der Waals surface area contributed by atoms with Crippen LogP contribution in [-0.2, 0) is 14.6 Å². The number of piperidine rings is 1. The first kappa shape index (κ1) is 20.2. The van der Waals surface area contributed by atoms with Crippen molar-refractivity contribution in [3.05, 3.63) is 53.8 Å². The van der Waals surface area contributed by atoms with Crippen LogP contribution < -0.4 is 15.5 Å². The molecule has 1 heterocycles. The van der Waals surface area contributed by atoms with E-state index in [0.29, 0.717) is 30.2 Å². The third-order valence-electron chi connectivity index (χ3n) is 4.94. The Labute approximate surface area is 162 Å². The van der Waals surface area contributed by atoms with Crippen LogP contribution in [0.15, 0.2) is 47.4 Å². The van der Waals surface area contributed by atoms with Crippen molar-refractivity contribution in [1.82, 2.24) is 10.8 Å². The Kier molecular flexibility index (Phi) is 5.69. The Bertz CT molecular complexity index is 970. The highest BCUT2D eigenvalue weighted by atomic mass is 32.2. The molecular formula is C19H21FN2O5S. The summed E-state index contributed by atoms with van der Waals surface area (Å²) in [5, 5.41) is 12.1. The van der Waals surface area contributed by atoms with Gasteiger partial charge in [0.15, 0.2) is 14.6 Å². The van der Waals surface area contributed by atoms with Gasteiger partial charge in [0.25, 0.3) is 5.91 Å². The smallest absolute Gasteiger partial charge is 0.265 e. The van der Waals surface area contributed by atoms with E-state index in [1.807, 2.05) is 0 Å². The van der Waals surface area contributed by atoms with E-state index in [1.54, 1.807) is 6.92 Å². The number of aryl methyl sites for hydroxylation is 1. The fraction of sp³-hybridized carbons (Fsp3) is 0.316. The van der Waals surface area contributed by atoms with Crippen LogP contribution in [0.1, 0.15) is 18.4 Å². The number of carbonyl (C=O) groups is 1. The predicted octanol–water partition coefficient (Wildman–Crippen LogP) is 2.33. The van der Waals surface area contributed by atoms with Crippen molar-refractivity contribution in [2.24, 2.45) is 0 Å². The van der Waals surface area contributed by atoms with E-state index >= 15 is 0 Å². The Morgan fingerprint density at radius 3 is 2.32 bits per heavy atom. The molecule has 2 aromatic rings. The molecule has 1 aliphatic rings. The molecule has 0 bridgehead atoms. The van der Waals surface area contributed by atoms with Crippen molar-refractivity contribution in [2.75, 3.05) is 13.1 Å². The third kappa shape index (κ3) is 3.60. The van der Waals surface area contributed by atoms with E-state index < -0.39 is 20.5 Å². The lowest BCUT2D eigenvalue weighted by Crippen LogP contribution is -2.57. The number of sulfone groups is 1. The molecule has 1 amide bonds. The van der Waals surface area contributed by atoms with Gasteiger partial charge in [-0.15, -0.1) is 0 Å². The van der Waals surface area contributed by atoms with Crippen molar-refractivity contribution in [3.8, 4) is 11.5 Å². The van der Waals surface area contributed by atoms with Crippen molar-refractivity contribution in [2.45, 2.75) is 29.4 Å². The van der Waals surface area contributed by atoms with Crippen molar-refractivity contribution in [1.29, 1.82) is 0 Å². The molecule has 1 fully saturated rings. The Balaban J connectivity index is 1.88. The van der Waals surface area contributed by atoms with Gasteiger partial charge in [0.05, 0.1) is 4.90 Å². The molecule has 150 valence electrons. The quantitative estimate of drug-likeness (QED) is 0.518. The van der Waals surface area contributed by atoms with E-state index in [9.17, 15) is 17.6 Å².